The number of carbonyl (C=O) groups is 2. The third-order valence-corrected chi connectivity index (χ3v) is 5.32. The molecule has 0 unspecified atom stereocenters. The van der Waals surface area contributed by atoms with Crippen molar-refractivity contribution >= 4 is 23.2 Å². The van der Waals surface area contributed by atoms with Crippen molar-refractivity contribution in [1.82, 2.24) is 20.2 Å². The number of piperidine rings is 1. The second kappa shape index (κ2) is 8.20. The molecule has 1 atom stereocenters. The van der Waals surface area contributed by atoms with Crippen molar-refractivity contribution in [3.8, 4) is 0 Å². The summed E-state index contributed by atoms with van der Waals surface area (Å²) in [6, 6.07) is 5.41. The van der Waals surface area contributed by atoms with E-state index >= 15 is 0 Å². The number of aromatic nitrogens is 2. The fourth-order valence-corrected chi connectivity index (χ4v) is 3.99. The molecule has 3 rings (SSSR count). The molecule has 1 saturated heterocycles. The Balaban J connectivity index is 1.61. The van der Waals surface area contributed by atoms with E-state index in [4.69, 9.17) is 4.98 Å². The van der Waals surface area contributed by atoms with E-state index in [2.05, 4.69) is 15.7 Å². The minimum absolute atomic E-state index is 0.00672. The van der Waals surface area contributed by atoms with Crippen LogP contribution in [-0.4, -0.2) is 46.3 Å². The van der Waals surface area contributed by atoms with Crippen LogP contribution in [-0.2, 0) is 11.2 Å². The molecule has 132 valence electrons. The first-order valence-electron chi connectivity index (χ1n) is 8.52. The van der Waals surface area contributed by atoms with Gasteiger partial charge in [-0.3, -0.25) is 14.6 Å². The highest BCUT2D eigenvalue weighted by molar-refractivity contribution is 7.09. The van der Waals surface area contributed by atoms with Gasteiger partial charge in [0, 0.05) is 50.5 Å². The lowest BCUT2D eigenvalue weighted by molar-refractivity contribution is -0.118. The lowest BCUT2D eigenvalue weighted by atomic mass is 9.98. The number of thiazole rings is 1. The summed E-state index contributed by atoms with van der Waals surface area (Å²) in [7, 11) is 0. The quantitative estimate of drug-likeness (QED) is 0.889. The topological polar surface area (TPSA) is 75.2 Å². The molecule has 0 aromatic carbocycles. The van der Waals surface area contributed by atoms with E-state index in [0.717, 1.165) is 36.5 Å². The van der Waals surface area contributed by atoms with E-state index in [-0.39, 0.29) is 17.7 Å². The monoisotopic (exact) mass is 358 g/mol. The minimum atomic E-state index is -0.0218. The molecule has 3 heterocycles. The Morgan fingerprint density at radius 1 is 1.40 bits per heavy atom. The van der Waals surface area contributed by atoms with E-state index in [1.54, 1.807) is 23.6 Å². The highest BCUT2D eigenvalue weighted by Gasteiger charge is 2.27. The zero-order valence-corrected chi connectivity index (χ0v) is 15.1. The normalized spacial score (nSPS) is 17.3. The molecule has 1 aliphatic rings. The Labute approximate surface area is 151 Å². The lowest BCUT2D eigenvalue weighted by Crippen LogP contribution is -2.39. The Bertz CT molecular complexity index is 732. The molecule has 2 amide bonds. The van der Waals surface area contributed by atoms with E-state index in [0.29, 0.717) is 18.8 Å². The highest BCUT2D eigenvalue weighted by atomic mass is 32.1. The maximum absolute atomic E-state index is 12.6. The molecular weight excluding hydrogens is 336 g/mol. The molecule has 1 aliphatic heterocycles. The van der Waals surface area contributed by atoms with Crippen molar-refractivity contribution in [2.45, 2.75) is 32.1 Å². The van der Waals surface area contributed by atoms with Crippen molar-refractivity contribution in [1.29, 1.82) is 0 Å². The summed E-state index contributed by atoms with van der Waals surface area (Å²) in [6.07, 6.45) is 4.41. The van der Waals surface area contributed by atoms with Gasteiger partial charge in [-0.1, -0.05) is 6.07 Å². The van der Waals surface area contributed by atoms with Gasteiger partial charge in [-0.15, -0.1) is 11.3 Å². The number of amides is 2. The molecule has 6 nitrogen and oxygen atoms in total. The fourth-order valence-electron chi connectivity index (χ4n) is 3.01. The number of hydrogen-bond donors (Lipinski definition) is 1. The van der Waals surface area contributed by atoms with Crippen molar-refractivity contribution in [3.63, 3.8) is 0 Å². The first kappa shape index (κ1) is 17.5. The number of pyridine rings is 1. The van der Waals surface area contributed by atoms with Crippen LogP contribution in [0.5, 0.6) is 0 Å². The number of hydrogen-bond acceptors (Lipinski definition) is 5. The molecule has 0 aliphatic carbocycles. The van der Waals surface area contributed by atoms with E-state index in [1.165, 1.54) is 6.92 Å². The average molecular weight is 358 g/mol. The van der Waals surface area contributed by atoms with Crippen LogP contribution in [0, 0.1) is 0 Å². The van der Waals surface area contributed by atoms with Crippen molar-refractivity contribution < 1.29 is 9.59 Å². The van der Waals surface area contributed by atoms with Gasteiger partial charge >= 0.3 is 0 Å². The largest absolute Gasteiger partial charge is 0.356 e. The first-order valence-corrected chi connectivity index (χ1v) is 9.40. The Kier molecular flexibility index (Phi) is 5.75. The van der Waals surface area contributed by atoms with Gasteiger partial charge in [-0.05, 0) is 25.0 Å². The van der Waals surface area contributed by atoms with Crippen LogP contribution in [0.1, 0.15) is 46.9 Å². The van der Waals surface area contributed by atoms with Gasteiger partial charge < -0.3 is 10.2 Å². The Morgan fingerprint density at radius 3 is 3.04 bits per heavy atom. The summed E-state index contributed by atoms with van der Waals surface area (Å²) >= 11 is 1.65. The summed E-state index contributed by atoms with van der Waals surface area (Å²) < 4.78 is 0. The first-order chi connectivity index (χ1) is 12.1. The SMILES string of the molecule is CC(=O)NCCc1csc([C@H]2CCCN(C(=O)c3ccccn3)C2)n1. The standard InChI is InChI=1S/C18H22N4O2S/c1-13(23)19-9-7-15-12-25-17(21-15)14-5-4-10-22(11-14)18(24)16-6-2-3-8-20-16/h2-3,6,8,12,14H,4-5,7,9-11H2,1H3,(H,19,23)/t14-/m0/s1. The van der Waals surface area contributed by atoms with Crippen molar-refractivity contribution in [2.75, 3.05) is 19.6 Å². The third kappa shape index (κ3) is 4.63. The van der Waals surface area contributed by atoms with Crippen LogP contribution < -0.4 is 5.32 Å². The third-order valence-electron chi connectivity index (χ3n) is 4.27. The molecule has 0 bridgehead atoms. The van der Waals surface area contributed by atoms with Crippen LogP contribution in [0.15, 0.2) is 29.8 Å². The second-order valence-corrected chi connectivity index (χ2v) is 7.11. The lowest BCUT2D eigenvalue weighted by Gasteiger charge is -2.31. The summed E-state index contributed by atoms with van der Waals surface area (Å²) in [5, 5.41) is 5.92. The van der Waals surface area contributed by atoms with Gasteiger partial charge in [0.25, 0.3) is 5.91 Å². The van der Waals surface area contributed by atoms with E-state index < -0.39 is 0 Å². The van der Waals surface area contributed by atoms with Crippen LogP contribution in [0.2, 0.25) is 0 Å². The van der Waals surface area contributed by atoms with Crippen molar-refractivity contribution in [3.05, 3.63) is 46.2 Å². The molecule has 7 heteroatoms. The molecule has 2 aromatic heterocycles. The zero-order valence-electron chi connectivity index (χ0n) is 14.3. The number of likely N-dealkylation sites (tertiary alicyclic amines) is 1. The smallest absolute Gasteiger partial charge is 0.272 e. The molecular formula is C18H22N4O2S. The van der Waals surface area contributed by atoms with Gasteiger partial charge in [0.05, 0.1) is 10.7 Å². The van der Waals surface area contributed by atoms with Gasteiger partial charge in [0.15, 0.2) is 0 Å². The molecule has 2 aromatic rings. The van der Waals surface area contributed by atoms with Crippen LogP contribution in [0.3, 0.4) is 0 Å². The van der Waals surface area contributed by atoms with E-state index in [9.17, 15) is 9.59 Å². The van der Waals surface area contributed by atoms with Crippen LogP contribution in [0.4, 0.5) is 0 Å². The summed E-state index contributed by atoms with van der Waals surface area (Å²) in [5.41, 5.74) is 1.50. The molecule has 1 N–H and O–H groups in total. The second-order valence-electron chi connectivity index (χ2n) is 6.22. The van der Waals surface area contributed by atoms with Gasteiger partial charge in [-0.2, -0.15) is 0 Å². The number of carbonyl (C=O) groups excluding carboxylic acids is 2. The number of nitrogens with one attached hydrogen (secondary N) is 1. The molecule has 0 spiro atoms. The van der Waals surface area contributed by atoms with Crippen LogP contribution in [0.25, 0.3) is 0 Å². The van der Waals surface area contributed by atoms with Gasteiger partial charge in [0.1, 0.15) is 5.69 Å². The van der Waals surface area contributed by atoms with Gasteiger partial charge in [0.2, 0.25) is 5.91 Å². The van der Waals surface area contributed by atoms with Crippen molar-refractivity contribution in [2.24, 2.45) is 0 Å². The Hall–Kier alpha value is -2.28. The summed E-state index contributed by atoms with van der Waals surface area (Å²) in [5.74, 6) is 0.250. The fraction of sp³-hybridized carbons (Fsp3) is 0.444. The number of nitrogens with zero attached hydrogens (tertiary/aromatic N) is 3. The maximum atomic E-state index is 12.6. The zero-order chi connectivity index (χ0) is 17.6. The highest BCUT2D eigenvalue weighted by Crippen LogP contribution is 2.29. The van der Waals surface area contributed by atoms with Crippen LogP contribution >= 0.6 is 11.3 Å². The summed E-state index contributed by atoms with van der Waals surface area (Å²) in [4.78, 5) is 34.3. The summed E-state index contributed by atoms with van der Waals surface area (Å²) in [6.45, 7) is 3.58. The van der Waals surface area contributed by atoms with E-state index in [1.807, 2.05) is 17.0 Å². The predicted octanol–water partition coefficient (Wildman–Crippen LogP) is 2.24. The average Bonchev–Trinajstić information content (AvgIpc) is 3.10. The maximum Gasteiger partial charge on any atom is 0.272 e. The molecule has 1 fully saturated rings. The van der Waals surface area contributed by atoms with Gasteiger partial charge in [-0.25, -0.2) is 4.98 Å². The molecule has 0 saturated carbocycles. The predicted molar refractivity (Wildman–Crippen MR) is 96.6 cm³/mol. The Morgan fingerprint density at radius 2 is 2.28 bits per heavy atom. The molecule has 25 heavy (non-hydrogen) atoms. The number of rotatable bonds is 5. The minimum Gasteiger partial charge on any atom is -0.356 e. The molecule has 0 radical (unpaired) electrons.